The molecule has 2 heterocycles. The highest BCUT2D eigenvalue weighted by molar-refractivity contribution is 6.33. The van der Waals surface area contributed by atoms with Gasteiger partial charge in [0.2, 0.25) is 11.8 Å². The van der Waals surface area contributed by atoms with Crippen LogP contribution in [0.15, 0.2) is 28.8 Å². The molecule has 0 atom stereocenters. The summed E-state index contributed by atoms with van der Waals surface area (Å²) >= 11 is 6.07. The van der Waals surface area contributed by atoms with E-state index in [1.54, 1.807) is 12.1 Å². The van der Waals surface area contributed by atoms with Crippen molar-refractivity contribution < 1.29 is 9.32 Å². The van der Waals surface area contributed by atoms with Crippen LogP contribution in [0.4, 0.5) is 5.69 Å². The van der Waals surface area contributed by atoms with Crippen LogP contribution in [-0.4, -0.2) is 58.6 Å². The Balaban J connectivity index is 1.38. The molecule has 1 aliphatic heterocycles. The normalized spacial score (nSPS) is 16.0. The minimum atomic E-state index is -0.0161. The molecule has 0 unspecified atom stereocenters. The minimum absolute atomic E-state index is 0.0161. The third-order valence-electron chi connectivity index (χ3n) is 4.63. The standard InChI is InChI=1S/C19H26ClN5O2/c1-14(2)19-22-18(27-23-19)13-25-11-9-24(10-12-25)8-7-17(26)21-16-6-4-3-5-15(16)20/h3-6,14H,7-13H2,1-2H3,(H,21,26). The van der Waals surface area contributed by atoms with Gasteiger partial charge in [-0.2, -0.15) is 4.98 Å². The molecule has 27 heavy (non-hydrogen) atoms. The van der Waals surface area contributed by atoms with Crippen molar-refractivity contribution in [3.05, 3.63) is 41.0 Å². The molecule has 0 radical (unpaired) electrons. The van der Waals surface area contributed by atoms with Crippen molar-refractivity contribution >= 4 is 23.2 Å². The van der Waals surface area contributed by atoms with Gasteiger partial charge >= 0.3 is 0 Å². The molecule has 1 aromatic heterocycles. The average molecular weight is 392 g/mol. The maximum absolute atomic E-state index is 12.1. The minimum Gasteiger partial charge on any atom is -0.338 e. The van der Waals surface area contributed by atoms with Crippen LogP contribution in [0.25, 0.3) is 0 Å². The molecule has 3 rings (SSSR count). The molecule has 1 saturated heterocycles. The van der Waals surface area contributed by atoms with Gasteiger partial charge in [0.25, 0.3) is 0 Å². The number of carbonyl (C=O) groups is 1. The molecular weight excluding hydrogens is 366 g/mol. The monoisotopic (exact) mass is 391 g/mol. The number of piperazine rings is 1. The first-order valence-electron chi connectivity index (χ1n) is 9.33. The Morgan fingerprint density at radius 2 is 1.93 bits per heavy atom. The van der Waals surface area contributed by atoms with E-state index in [1.165, 1.54) is 0 Å². The van der Waals surface area contributed by atoms with Gasteiger partial charge in [0.05, 0.1) is 17.3 Å². The number of para-hydroxylation sites is 1. The average Bonchev–Trinajstić information content (AvgIpc) is 3.12. The number of carbonyl (C=O) groups excluding carboxylic acids is 1. The van der Waals surface area contributed by atoms with Gasteiger partial charge in [0.1, 0.15) is 0 Å². The van der Waals surface area contributed by atoms with Crippen LogP contribution >= 0.6 is 11.6 Å². The Bertz CT molecular complexity index is 756. The van der Waals surface area contributed by atoms with Crippen LogP contribution in [0.3, 0.4) is 0 Å². The Labute approximate surface area is 164 Å². The maximum atomic E-state index is 12.1. The fraction of sp³-hybridized carbons (Fsp3) is 0.526. The van der Waals surface area contributed by atoms with E-state index < -0.39 is 0 Å². The number of amides is 1. The Kier molecular flexibility index (Phi) is 6.82. The van der Waals surface area contributed by atoms with Gasteiger partial charge in [0.15, 0.2) is 5.82 Å². The summed E-state index contributed by atoms with van der Waals surface area (Å²) < 4.78 is 5.32. The number of rotatable bonds is 7. The number of hydrogen-bond donors (Lipinski definition) is 1. The number of aromatic nitrogens is 2. The van der Waals surface area contributed by atoms with Gasteiger partial charge < -0.3 is 14.7 Å². The fourth-order valence-corrected chi connectivity index (χ4v) is 3.15. The van der Waals surface area contributed by atoms with Crippen molar-refractivity contribution in [3.63, 3.8) is 0 Å². The van der Waals surface area contributed by atoms with Crippen molar-refractivity contribution in [1.29, 1.82) is 0 Å². The molecule has 8 heteroatoms. The van der Waals surface area contributed by atoms with Crippen LogP contribution in [0.5, 0.6) is 0 Å². The predicted molar refractivity (Wildman–Crippen MR) is 105 cm³/mol. The molecule has 2 aromatic rings. The molecule has 1 fully saturated rings. The van der Waals surface area contributed by atoms with Gasteiger partial charge in [-0.15, -0.1) is 0 Å². The summed E-state index contributed by atoms with van der Waals surface area (Å²) in [5.41, 5.74) is 0.661. The second-order valence-corrected chi connectivity index (χ2v) is 7.50. The number of nitrogens with zero attached hydrogens (tertiary/aromatic N) is 4. The second-order valence-electron chi connectivity index (χ2n) is 7.10. The quantitative estimate of drug-likeness (QED) is 0.782. The summed E-state index contributed by atoms with van der Waals surface area (Å²) in [5, 5.41) is 7.43. The molecule has 1 N–H and O–H groups in total. The van der Waals surface area contributed by atoms with Gasteiger partial charge in [-0.25, -0.2) is 0 Å². The largest absolute Gasteiger partial charge is 0.338 e. The Hall–Kier alpha value is -1.96. The third kappa shape index (κ3) is 5.76. The summed E-state index contributed by atoms with van der Waals surface area (Å²) in [5.74, 6) is 1.69. The molecule has 1 amide bonds. The fourth-order valence-electron chi connectivity index (χ4n) is 2.96. The summed E-state index contributed by atoms with van der Waals surface area (Å²) in [7, 11) is 0. The van der Waals surface area contributed by atoms with Crippen molar-refractivity contribution in [2.24, 2.45) is 0 Å². The lowest BCUT2D eigenvalue weighted by Crippen LogP contribution is -2.46. The van der Waals surface area contributed by atoms with Gasteiger partial charge in [0, 0.05) is 45.1 Å². The van der Waals surface area contributed by atoms with Crippen LogP contribution in [0.1, 0.15) is 37.9 Å². The van der Waals surface area contributed by atoms with Crippen LogP contribution in [-0.2, 0) is 11.3 Å². The molecule has 0 bridgehead atoms. The molecule has 1 aliphatic rings. The van der Waals surface area contributed by atoms with E-state index in [0.29, 0.717) is 29.6 Å². The van der Waals surface area contributed by atoms with E-state index >= 15 is 0 Å². The third-order valence-corrected chi connectivity index (χ3v) is 4.96. The van der Waals surface area contributed by atoms with Crippen molar-refractivity contribution in [2.75, 3.05) is 38.0 Å². The smallest absolute Gasteiger partial charge is 0.240 e. The highest BCUT2D eigenvalue weighted by Crippen LogP contribution is 2.20. The van der Waals surface area contributed by atoms with Crippen LogP contribution in [0.2, 0.25) is 5.02 Å². The van der Waals surface area contributed by atoms with Crippen LogP contribution in [0, 0.1) is 0 Å². The summed E-state index contributed by atoms with van der Waals surface area (Å²) in [4.78, 5) is 21.2. The first-order valence-corrected chi connectivity index (χ1v) is 9.70. The first kappa shape index (κ1) is 19.8. The lowest BCUT2D eigenvalue weighted by Gasteiger charge is -2.33. The Morgan fingerprint density at radius 3 is 2.59 bits per heavy atom. The zero-order valence-corrected chi connectivity index (χ0v) is 16.6. The van der Waals surface area contributed by atoms with E-state index in [4.69, 9.17) is 16.1 Å². The van der Waals surface area contributed by atoms with Gasteiger partial charge in [-0.1, -0.05) is 42.7 Å². The van der Waals surface area contributed by atoms with Crippen molar-refractivity contribution in [3.8, 4) is 0 Å². The van der Waals surface area contributed by atoms with Crippen molar-refractivity contribution in [1.82, 2.24) is 19.9 Å². The van der Waals surface area contributed by atoms with Gasteiger partial charge in [-0.3, -0.25) is 9.69 Å². The number of hydrogen-bond acceptors (Lipinski definition) is 6. The Morgan fingerprint density at radius 1 is 1.22 bits per heavy atom. The van der Waals surface area contributed by atoms with E-state index in [1.807, 2.05) is 12.1 Å². The predicted octanol–water partition coefficient (Wildman–Crippen LogP) is 2.99. The lowest BCUT2D eigenvalue weighted by atomic mass is 10.2. The van der Waals surface area contributed by atoms with Gasteiger partial charge in [-0.05, 0) is 12.1 Å². The molecule has 7 nitrogen and oxygen atoms in total. The second kappa shape index (κ2) is 9.30. The number of benzene rings is 1. The van der Waals surface area contributed by atoms with Crippen molar-refractivity contribution in [2.45, 2.75) is 32.7 Å². The van der Waals surface area contributed by atoms with E-state index in [2.05, 4.69) is 39.1 Å². The molecule has 146 valence electrons. The van der Waals surface area contributed by atoms with E-state index in [0.717, 1.165) is 38.5 Å². The highest BCUT2D eigenvalue weighted by atomic mass is 35.5. The molecule has 0 saturated carbocycles. The van der Waals surface area contributed by atoms with E-state index in [-0.39, 0.29) is 11.8 Å². The highest BCUT2D eigenvalue weighted by Gasteiger charge is 2.20. The lowest BCUT2D eigenvalue weighted by molar-refractivity contribution is -0.116. The number of anilines is 1. The maximum Gasteiger partial charge on any atom is 0.240 e. The first-order chi connectivity index (χ1) is 13.0. The number of nitrogens with one attached hydrogen (secondary N) is 1. The van der Waals surface area contributed by atoms with E-state index in [9.17, 15) is 4.79 Å². The molecular formula is C19H26ClN5O2. The molecule has 0 aliphatic carbocycles. The summed E-state index contributed by atoms with van der Waals surface area (Å²) in [6.45, 7) is 9.21. The van der Waals surface area contributed by atoms with Crippen LogP contribution < -0.4 is 5.32 Å². The summed E-state index contributed by atoms with van der Waals surface area (Å²) in [6.07, 6.45) is 0.451. The molecule has 0 spiro atoms. The summed E-state index contributed by atoms with van der Waals surface area (Å²) in [6, 6.07) is 7.27. The SMILES string of the molecule is CC(C)c1noc(CN2CCN(CCC(=O)Nc3ccccc3Cl)CC2)n1. The zero-order chi connectivity index (χ0) is 19.2. The number of halogens is 1. The molecule has 1 aromatic carbocycles. The zero-order valence-electron chi connectivity index (χ0n) is 15.8. The topological polar surface area (TPSA) is 74.5 Å².